The molecule has 1 fully saturated rings. The summed E-state index contributed by atoms with van der Waals surface area (Å²) in [5.74, 6) is 2.40. The van der Waals surface area contributed by atoms with Gasteiger partial charge in [0, 0.05) is 26.2 Å². The van der Waals surface area contributed by atoms with Crippen LogP contribution in [0.2, 0.25) is 0 Å². The van der Waals surface area contributed by atoms with E-state index in [2.05, 4.69) is 4.90 Å². The Kier molecular flexibility index (Phi) is 5.60. The molecule has 2 heterocycles. The predicted molar refractivity (Wildman–Crippen MR) is 93.6 cm³/mol. The number of nitrogens with zero attached hydrogens (tertiary/aromatic N) is 2. The molecule has 3 rings (SSSR count). The Morgan fingerprint density at radius 1 is 1.12 bits per heavy atom. The number of ether oxygens (including phenoxy) is 2. The summed E-state index contributed by atoms with van der Waals surface area (Å²) >= 11 is 0. The molecular weight excluding hydrogens is 320 g/mol. The van der Waals surface area contributed by atoms with Crippen LogP contribution in [0.15, 0.2) is 47.1 Å². The normalized spacial score (nSPS) is 16.5. The van der Waals surface area contributed by atoms with Crippen LogP contribution in [-0.4, -0.2) is 55.1 Å². The molecule has 1 saturated heterocycles. The molecule has 1 unspecified atom stereocenters. The van der Waals surface area contributed by atoms with E-state index in [4.69, 9.17) is 13.9 Å². The topological polar surface area (TPSA) is 55.2 Å². The molecule has 0 N–H and O–H groups in total. The van der Waals surface area contributed by atoms with Gasteiger partial charge in [0.2, 0.25) is 0 Å². The Morgan fingerprint density at radius 3 is 2.40 bits per heavy atom. The molecule has 1 atom stereocenters. The van der Waals surface area contributed by atoms with Gasteiger partial charge in [0.15, 0.2) is 6.10 Å². The smallest absolute Gasteiger partial charge is 0.263 e. The highest BCUT2D eigenvalue weighted by Crippen LogP contribution is 2.19. The highest BCUT2D eigenvalue weighted by Gasteiger charge is 2.26. The van der Waals surface area contributed by atoms with Crippen molar-refractivity contribution in [2.75, 3.05) is 33.3 Å². The molecule has 134 valence electrons. The molecular formula is C19H24N2O4. The number of amides is 1. The Hall–Kier alpha value is -2.47. The maximum Gasteiger partial charge on any atom is 0.263 e. The number of methoxy groups -OCH3 is 1. The highest BCUT2D eigenvalue weighted by molar-refractivity contribution is 5.81. The number of rotatable bonds is 6. The molecule has 0 aliphatic carbocycles. The number of carbonyl (C=O) groups is 1. The van der Waals surface area contributed by atoms with Crippen LogP contribution in [-0.2, 0) is 11.3 Å². The summed E-state index contributed by atoms with van der Waals surface area (Å²) in [6.07, 6.45) is 1.18. The number of hydrogen-bond acceptors (Lipinski definition) is 5. The van der Waals surface area contributed by atoms with Crippen LogP contribution in [0.25, 0.3) is 0 Å². The summed E-state index contributed by atoms with van der Waals surface area (Å²) in [7, 11) is 1.62. The minimum Gasteiger partial charge on any atom is -0.497 e. The summed E-state index contributed by atoms with van der Waals surface area (Å²) in [5.41, 5.74) is 0. The van der Waals surface area contributed by atoms with E-state index < -0.39 is 6.10 Å². The number of benzene rings is 1. The second-order valence-electron chi connectivity index (χ2n) is 6.12. The first-order valence-electron chi connectivity index (χ1n) is 8.50. The first kappa shape index (κ1) is 17.4. The molecule has 1 amide bonds. The highest BCUT2D eigenvalue weighted by atomic mass is 16.5. The van der Waals surface area contributed by atoms with Crippen LogP contribution in [0.1, 0.15) is 12.7 Å². The standard InChI is InChI=1S/C19H24N2O4/c1-15(25-17-7-5-16(23-2)6-8-17)19(22)21-11-9-20(10-12-21)14-18-4-3-13-24-18/h3-8,13,15H,9-12,14H2,1-2H3. The van der Waals surface area contributed by atoms with E-state index in [9.17, 15) is 4.79 Å². The van der Waals surface area contributed by atoms with Crippen molar-refractivity contribution in [3.05, 3.63) is 48.4 Å². The van der Waals surface area contributed by atoms with Gasteiger partial charge in [-0.05, 0) is 43.3 Å². The van der Waals surface area contributed by atoms with Crippen molar-refractivity contribution in [1.29, 1.82) is 0 Å². The second kappa shape index (κ2) is 8.07. The molecule has 0 saturated carbocycles. The lowest BCUT2D eigenvalue weighted by atomic mass is 10.2. The third-order valence-electron chi connectivity index (χ3n) is 4.36. The Labute approximate surface area is 147 Å². The number of hydrogen-bond donors (Lipinski definition) is 0. The minimum atomic E-state index is -0.509. The van der Waals surface area contributed by atoms with Crippen molar-refractivity contribution in [3.8, 4) is 11.5 Å². The van der Waals surface area contributed by atoms with E-state index >= 15 is 0 Å². The summed E-state index contributed by atoms with van der Waals surface area (Å²) in [6.45, 7) is 5.66. The zero-order valence-electron chi connectivity index (χ0n) is 14.7. The molecule has 0 radical (unpaired) electrons. The minimum absolute atomic E-state index is 0.0217. The maximum absolute atomic E-state index is 12.6. The summed E-state index contributed by atoms with van der Waals surface area (Å²) < 4.78 is 16.3. The van der Waals surface area contributed by atoms with Crippen LogP contribution in [0, 0.1) is 0 Å². The van der Waals surface area contributed by atoms with Gasteiger partial charge < -0.3 is 18.8 Å². The summed E-state index contributed by atoms with van der Waals surface area (Å²) in [4.78, 5) is 16.7. The molecule has 1 aromatic heterocycles. The molecule has 0 spiro atoms. The van der Waals surface area contributed by atoms with Crippen molar-refractivity contribution in [2.24, 2.45) is 0 Å². The van der Waals surface area contributed by atoms with Crippen molar-refractivity contribution in [2.45, 2.75) is 19.6 Å². The van der Waals surface area contributed by atoms with Gasteiger partial charge in [0.05, 0.1) is 19.9 Å². The zero-order chi connectivity index (χ0) is 17.6. The monoisotopic (exact) mass is 344 g/mol. The number of furan rings is 1. The van der Waals surface area contributed by atoms with E-state index in [0.29, 0.717) is 18.8 Å². The SMILES string of the molecule is COc1ccc(OC(C)C(=O)N2CCN(Cc3ccco3)CC2)cc1. The molecule has 1 aliphatic heterocycles. The average Bonchev–Trinajstić information content (AvgIpc) is 3.15. The van der Waals surface area contributed by atoms with Gasteiger partial charge in [0.25, 0.3) is 5.91 Å². The lowest BCUT2D eigenvalue weighted by Crippen LogP contribution is -2.51. The summed E-state index contributed by atoms with van der Waals surface area (Å²) in [6, 6.07) is 11.1. The molecule has 6 nitrogen and oxygen atoms in total. The third kappa shape index (κ3) is 4.54. The van der Waals surface area contributed by atoms with Gasteiger partial charge in [0.1, 0.15) is 17.3 Å². The van der Waals surface area contributed by atoms with Gasteiger partial charge in [-0.3, -0.25) is 9.69 Å². The van der Waals surface area contributed by atoms with Crippen molar-refractivity contribution >= 4 is 5.91 Å². The maximum atomic E-state index is 12.6. The van der Waals surface area contributed by atoms with E-state index in [0.717, 1.165) is 31.1 Å². The molecule has 1 aromatic carbocycles. The van der Waals surface area contributed by atoms with Crippen molar-refractivity contribution < 1.29 is 18.7 Å². The Morgan fingerprint density at radius 2 is 1.80 bits per heavy atom. The molecule has 6 heteroatoms. The van der Waals surface area contributed by atoms with Gasteiger partial charge in [-0.2, -0.15) is 0 Å². The lowest BCUT2D eigenvalue weighted by molar-refractivity contribution is -0.139. The van der Waals surface area contributed by atoms with E-state index in [-0.39, 0.29) is 5.91 Å². The molecule has 1 aliphatic rings. The average molecular weight is 344 g/mol. The zero-order valence-corrected chi connectivity index (χ0v) is 14.7. The molecule has 0 bridgehead atoms. The van der Waals surface area contributed by atoms with Crippen LogP contribution in [0.4, 0.5) is 0 Å². The van der Waals surface area contributed by atoms with Crippen molar-refractivity contribution in [3.63, 3.8) is 0 Å². The molecule has 25 heavy (non-hydrogen) atoms. The quantitative estimate of drug-likeness (QED) is 0.805. The lowest BCUT2D eigenvalue weighted by Gasteiger charge is -2.35. The predicted octanol–water partition coefficient (Wildman–Crippen LogP) is 2.40. The number of piperazine rings is 1. The van der Waals surface area contributed by atoms with Crippen LogP contribution < -0.4 is 9.47 Å². The van der Waals surface area contributed by atoms with Crippen LogP contribution in [0.3, 0.4) is 0 Å². The van der Waals surface area contributed by atoms with E-state index in [1.807, 2.05) is 41.3 Å². The van der Waals surface area contributed by atoms with E-state index in [1.54, 1.807) is 20.3 Å². The van der Waals surface area contributed by atoms with Gasteiger partial charge in [-0.15, -0.1) is 0 Å². The van der Waals surface area contributed by atoms with Crippen molar-refractivity contribution in [1.82, 2.24) is 9.80 Å². The van der Waals surface area contributed by atoms with Gasteiger partial charge in [-0.25, -0.2) is 0 Å². The van der Waals surface area contributed by atoms with E-state index in [1.165, 1.54) is 0 Å². The fraction of sp³-hybridized carbons (Fsp3) is 0.421. The Balaban J connectivity index is 1.47. The number of carbonyl (C=O) groups excluding carboxylic acids is 1. The fourth-order valence-electron chi connectivity index (χ4n) is 2.92. The largest absolute Gasteiger partial charge is 0.497 e. The van der Waals surface area contributed by atoms with Crippen LogP contribution in [0.5, 0.6) is 11.5 Å². The second-order valence-corrected chi connectivity index (χ2v) is 6.12. The molecule has 2 aromatic rings. The summed E-state index contributed by atoms with van der Waals surface area (Å²) in [5, 5.41) is 0. The fourth-order valence-corrected chi connectivity index (χ4v) is 2.92. The van der Waals surface area contributed by atoms with Gasteiger partial charge >= 0.3 is 0 Å². The Bertz CT molecular complexity index is 661. The first-order valence-corrected chi connectivity index (χ1v) is 8.50. The third-order valence-corrected chi connectivity index (χ3v) is 4.36. The van der Waals surface area contributed by atoms with Crippen LogP contribution >= 0.6 is 0 Å². The first-order chi connectivity index (χ1) is 12.2. The van der Waals surface area contributed by atoms with Gasteiger partial charge in [-0.1, -0.05) is 0 Å².